The van der Waals surface area contributed by atoms with Crippen LogP contribution >= 0.6 is 0 Å². The maximum Gasteiger partial charge on any atom is 0.240 e. The number of hydrogen-bond donors (Lipinski definition) is 1. The lowest BCUT2D eigenvalue weighted by Crippen LogP contribution is -2.55. The third-order valence-electron chi connectivity index (χ3n) is 2.95. The van der Waals surface area contributed by atoms with Gasteiger partial charge in [-0.1, -0.05) is 13.8 Å². The molecule has 16 heavy (non-hydrogen) atoms. The maximum absolute atomic E-state index is 12.2. The van der Waals surface area contributed by atoms with Gasteiger partial charge in [0.25, 0.3) is 0 Å². The number of nitrogens with zero attached hydrogens (tertiary/aromatic N) is 1. The molecule has 1 fully saturated rings. The van der Waals surface area contributed by atoms with E-state index >= 15 is 0 Å². The Morgan fingerprint density at radius 3 is 2.75 bits per heavy atom. The number of nitrogens with one attached hydrogen (secondary N) is 1. The van der Waals surface area contributed by atoms with E-state index in [0.29, 0.717) is 12.6 Å². The molecule has 4 heteroatoms. The van der Waals surface area contributed by atoms with Gasteiger partial charge in [-0.15, -0.1) is 0 Å². The van der Waals surface area contributed by atoms with Gasteiger partial charge in [-0.05, 0) is 19.8 Å². The van der Waals surface area contributed by atoms with Crippen LogP contribution in [0.5, 0.6) is 0 Å². The largest absolute Gasteiger partial charge is 0.383 e. The minimum Gasteiger partial charge on any atom is -0.383 e. The average Bonchev–Trinajstić information content (AvgIpc) is 2.21. The Labute approximate surface area is 98.3 Å². The molecule has 1 aliphatic rings. The van der Waals surface area contributed by atoms with Crippen LogP contribution in [0.4, 0.5) is 0 Å². The first-order valence-electron chi connectivity index (χ1n) is 6.11. The SMILES string of the molecule is COCC(C)N1CCCC(NC(C)C)C1=O. The zero-order valence-electron chi connectivity index (χ0n) is 10.8. The highest BCUT2D eigenvalue weighted by atomic mass is 16.5. The summed E-state index contributed by atoms with van der Waals surface area (Å²) in [6, 6.07) is 0.522. The molecule has 0 aromatic rings. The summed E-state index contributed by atoms with van der Waals surface area (Å²) >= 11 is 0. The minimum atomic E-state index is -0.00643. The van der Waals surface area contributed by atoms with Crippen molar-refractivity contribution in [1.82, 2.24) is 10.2 Å². The smallest absolute Gasteiger partial charge is 0.240 e. The van der Waals surface area contributed by atoms with E-state index in [4.69, 9.17) is 4.74 Å². The number of likely N-dealkylation sites (tertiary alicyclic amines) is 1. The van der Waals surface area contributed by atoms with E-state index < -0.39 is 0 Å². The monoisotopic (exact) mass is 228 g/mol. The lowest BCUT2D eigenvalue weighted by molar-refractivity contribution is -0.139. The molecule has 4 nitrogen and oxygen atoms in total. The van der Waals surface area contributed by atoms with Crippen LogP contribution in [0.1, 0.15) is 33.6 Å². The molecule has 2 unspecified atom stereocenters. The number of ether oxygens (including phenoxy) is 1. The van der Waals surface area contributed by atoms with Crippen LogP contribution < -0.4 is 5.32 Å². The molecule has 2 atom stereocenters. The lowest BCUT2D eigenvalue weighted by atomic mass is 10.0. The zero-order valence-corrected chi connectivity index (χ0v) is 10.8. The van der Waals surface area contributed by atoms with Gasteiger partial charge < -0.3 is 15.0 Å². The summed E-state index contributed by atoms with van der Waals surface area (Å²) in [6.45, 7) is 7.66. The van der Waals surface area contributed by atoms with Crippen LogP contribution in [0.3, 0.4) is 0 Å². The molecule has 0 bridgehead atoms. The van der Waals surface area contributed by atoms with Crippen LogP contribution in [-0.2, 0) is 9.53 Å². The quantitative estimate of drug-likeness (QED) is 0.763. The van der Waals surface area contributed by atoms with E-state index in [1.165, 1.54) is 0 Å². The van der Waals surface area contributed by atoms with Gasteiger partial charge in [-0.2, -0.15) is 0 Å². The Bertz CT molecular complexity index is 231. The summed E-state index contributed by atoms with van der Waals surface area (Å²) in [4.78, 5) is 14.1. The van der Waals surface area contributed by atoms with Crippen LogP contribution in [-0.4, -0.2) is 49.2 Å². The molecule has 0 saturated carbocycles. The maximum atomic E-state index is 12.2. The summed E-state index contributed by atoms with van der Waals surface area (Å²) in [5.74, 6) is 0.226. The second kappa shape index (κ2) is 6.21. The van der Waals surface area contributed by atoms with Gasteiger partial charge in [0.2, 0.25) is 5.91 Å². The van der Waals surface area contributed by atoms with Crippen LogP contribution in [0.15, 0.2) is 0 Å². The van der Waals surface area contributed by atoms with Crippen molar-refractivity contribution >= 4 is 5.91 Å². The molecular formula is C12H24N2O2. The zero-order chi connectivity index (χ0) is 12.1. The number of carbonyl (C=O) groups excluding carboxylic acids is 1. The normalized spacial score (nSPS) is 23.9. The van der Waals surface area contributed by atoms with E-state index in [2.05, 4.69) is 19.2 Å². The van der Waals surface area contributed by atoms with Gasteiger partial charge in [0.15, 0.2) is 0 Å². The Balaban J connectivity index is 2.56. The van der Waals surface area contributed by atoms with Gasteiger partial charge in [-0.3, -0.25) is 4.79 Å². The molecule has 1 amide bonds. The van der Waals surface area contributed by atoms with Crippen molar-refractivity contribution in [3.05, 3.63) is 0 Å². The van der Waals surface area contributed by atoms with Gasteiger partial charge in [0.1, 0.15) is 0 Å². The first-order valence-corrected chi connectivity index (χ1v) is 6.11. The average molecular weight is 228 g/mol. The summed E-state index contributed by atoms with van der Waals surface area (Å²) in [7, 11) is 1.68. The molecule has 1 rings (SSSR count). The third-order valence-corrected chi connectivity index (χ3v) is 2.95. The minimum absolute atomic E-state index is 0.00643. The summed E-state index contributed by atoms with van der Waals surface area (Å²) in [6.07, 6.45) is 2.03. The fourth-order valence-corrected chi connectivity index (χ4v) is 2.23. The van der Waals surface area contributed by atoms with E-state index in [0.717, 1.165) is 19.4 Å². The molecule has 1 aliphatic heterocycles. The Morgan fingerprint density at radius 2 is 2.19 bits per heavy atom. The van der Waals surface area contributed by atoms with Gasteiger partial charge in [0, 0.05) is 19.7 Å². The predicted molar refractivity (Wildman–Crippen MR) is 64.3 cm³/mol. The topological polar surface area (TPSA) is 41.6 Å². The van der Waals surface area contributed by atoms with E-state index in [1.807, 2.05) is 11.8 Å². The van der Waals surface area contributed by atoms with Crippen LogP contribution in [0.25, 0.3) is 0 Å². The van der Waals surface area contributed by atoms with Crippen molar-refractivity contribution in [2.75, 3.05) is 20.3 Å². The van der Waals surface area contributed by atoms with Crippen molar-refractivity contribution < 1.29 is 9.53 Å². The number of amides is 1. The van der Waals surface area contributed by atoms with Gasteiger partial charge in [-0.25, -0.2) is 0 Å². The molecule has 0 spiro atoms. The molecule has 1 heterocycles. The van der Waals surface area contributed by atoms with E-state index in [-0.39, 0.29) is 18.0 Å². The molecule has 1 N–H and O–H groups in total. The summed E-state index contributed by atoms with van der Waals surface area (Å²) in [5.41, 5.74) is 0. The third kappa shape index (κ3) is 3.46. The highest BCUT2D eigenvalue weighted by Crippen LogP contribution is 2.15. The number of piperidine rings is 1. The second-order valence-electron chi connectivity index (χ2n) is 4.85. The van der Waals surface area contributed by atoms with Crippen molar-refractivity contribution in [1.29, 1.82) is 0 Å². The number of hydrogen-bond acceptors (Lipinski definition) is 3. The van der Waals surface area contributed by atoms with Gasteiger partial charge >= 0.3 is 0 Å². The molecule has 0 aliphatic carbocycles. The fraction of sp³-hybridized carbons (Fsp3) is 0.917. The molecule has 0 aromatic heterocycles. The Kier molecular flexibility index (Phi) is 5.22. The first-order chi connectivity index (χ1) is 7.56. The summed E-state index contributed by atoms with van der Waals surface area (Å²) in [5, 5.41) is 3.33. The Morgan fingerprint density at radius 1 is 1.50 bits per heavy atom. The number of rotatable bonds is 5. The molecule has 94 valence electrons. The first kappa shape index (κ1) is 13.5. The van der Waals surface area contributed by atoms with E-state index in [1.54, 1.807) is 7.11 Å². The van der Waals surface area contributed by atoms with Crippen molar-refractivity contribution in [3.8, 4) is 0 Å². The highest BCUT2D eigenvalue weighted by molar-refractivity contribution is 5.82. The van der Waals surface area contributed by atoms with Crippen molar-refractivity contribution in [3.63, 3.8) is 0 Å². The summed E-state index contributed by atoms with van der Waals surface area (Å²) < 4.78 is 5.11. The highest BCUT2D eigenvalue weighted by Gasteiger charge is 2.31. The van der Waals surface area contributed by atoms with Crippen LogP contribution in [0.2, 0.25) is 0 Å². The van der Waals surface area contributed by atoms with Gasteiger partial charge in [0.05, 0.1) is 18.7 Å². The van der Waals surface area contributed by atoms with Crippen molar-refractivity contribution in [2.24, 2.45) is 0 Å². The predicted octanol–water partition coefficient (Wildman–Crippen LogP) is 1.01. The second-order valence-corrected chi connectivity index (χ2v) is 4.85. The molecule has 1 saturated heterocycles. The van der Waals surface area contributed by atoms with Crippen molar-refractivity contribution in [2.45, 2.75) is 51.7 Å². The standard InChI is InChI=1S/C12H24N2O2/c1-9(2)13-11-6-5-7-14(12(11)15)10(3)8-16-4/h9-11,13H,5-8H2,1-4H3. The molecule has 0 radical (unpaired) electrons. The fourth-order valence-electron chi connectivity index (χ4n) is 2.23. The lowest BCUT2D eigenvalue weighted by Gasteiger charge is -2.37. The molecular weight excluding hydrogens is 204 g/mol. The van der Waals surface area contributed by atoms with Crippen LogP contribution in [0, 0.1) is 0 Å². The number of carbonyl (C=O) groups is 1. The van der Waals surface area contributed by atoms with E-state index in [9.17, 15) is 4.79 Å². The Hall–Kier alpha value is -0.610. The molecule has 0 aromatic carbocycles. The number of methoxy groups -OCH3 is 1.